The molecule has 0 radical (unpaired) electrons. The second kappa shape index (κ2) is 10.8. The number of halogens is 1. The van der Waals surface area contributed by atoms with Crippen LogP contribution >= 0.6 is 11.6 Å². The average Bonchev–Trinajstić information content (AvgIpc) is 2.76. The fourth-order valence-electron chi connectivity index (χ4n) is 3.66. The molecule has 0 aliphatic carbocycles. The van der Waals surface area contributed by atoms with Gasteiger partial charge < -0.3 is 15.2 Å². The number of unbranched alkanes of at least 4 members (excludes halogenated alkanes) is 1. The molecule has 2 atom stereocenters. The first-order valence-corrected chi connectivity index (χ1v) is 11.5. The van der Waals surface area contributed by atoms with Gasteiger partial charge in [0.25, 0.3) is 5.56 Å². The molecule has 1 aliphatic heterocycles. The van der Waals surface area contributed by atoms with E-state index in [1.54, 1.807) is 22.9 Å². The number of aromatic nitrogens is 1. The fourth-order valence-corrected chi connectivity index (χ4v) is 3.89. The molecule has 32 heavy (non-hydrogen) atoms. The van der Waals surface area contributed by atoms with Gasteiger partial charge >= 0.3 is 0 Å². The largest absolute Gasteiger partial charge is 0.352 e. The number of pyridine rings is 1. The maximum absolute atomic E-state index is 12.5. The summed E-state index contributed by atoms with van der Waals surface area (Å²) in [6.45, 7) is 6.83. The number of nitrogens with one attached hydrogen (secondary N) is 3. The highest BCUT2D eigenvalue weighted by molar-refractivity contribution is 6.31. The Morgan fingerprint density at radius 2 is 2.03 bits per heavy atom. The van der Waals surface area contributed by atoms with E-state index in [-0.39, 0.29) is 35.8 Å². The van der Waals surface area contributed by atoms with Gasteiger partial charge in [0, 0.05) is 54.3 Å². The van der Waals surface area contributed by atoms with E-state index < -0.39 is 6.17 Å². The van der Waals surface area contributed by atoms with Crippen LogP contribution in [0.5, 0.6) is 0 Å². The van der Waals surface area contributed by atoms with Crippen LogP contribution in [-0.4, -0.2) is 16.4 Å². The minimum absolute atomic E-state index is 0.0284. The lowest BCUT2D eigenvalue weighted by molar-refractivity contribution is -0.125. The number of hydrogen-bond acceptors (Lipinski definition) is 4. The Labute approximate surface area is 193 Å². The minimum Gasteiger partial charge on any atom is -0.352 e. The molecule has 3 N–H and O–H groups in total. The second-order valence-electron chi connectivity index (χ2n) is 8.50. The van der Waals surface area contributed by atoms with Crippen LogP contribution in [0.3, 0.4) is 0 Å². The lowest BCUT2D eigenvalue weighted by Gasteiger charge is -2.33. The summed E-state index contributed by atoms with van der Waals surface area (Å²) in [7, 11) is 0. The Balaban J connectivity index is 1.78. The van der Waals surface area contributed by atoms with Gasteiger partial charge in [-0.15, -0.1) is 0 Å². The highest BCUT2D eigenvalue weighted by Crippen LogP contribution is 2.29. The van der Waals surface area contributed by atoms with Gasteiger partial charge in [0.1, 0.15) is 6.17 Å². The van der Waals surface area contributed by atoms with Crippen LogP contribution in [-0.2, 0) is 22.7 Å². The summed E-state index contributed by atoms with van der Waals surface area (Å²) >= 11 is 6.45. The molecule has 2 unspecified atom stereocenters. The molecule has 2 amide bonds. The number of aryl methyl sites for hydroxylation is 1. The van der Waals surface area contributed by atoms with Crippen LogP contribution in [0.1, 0.15) is 68.9 Å². The van der Waals surface area contributed by atoms with Gasteiger partial charge in [0.2, 0.25) is 11.8 Å². The smallest absolute Gasteiger partial charge is 0.250 e. The number of amides is 2. The van der Waals surface area contributed by atoms with Crippen molar-refractivity contribution in [3.63, 3.8) is 0 Å². The van der Waals surface area contributed by atoms with Crippen LogP contribution in [0.15, 0.2) is 41.3 Å². The first-order valence-electron chi connectivity index (χ1n) is 11.1. The van der Waals surface area contributed by atoms with Crippen molar-refractivity contribution >= 4 is 23.4 Å². The number of nitrogens with zero attached hydrogens (tertiary/aromatic N) is 1. The number of carbonyl (C=O) groups excluding carboxylic acids is 2. The molecular weight excluding hydrogens is 428 g/mol. The van der Waals surface area contributed by atoms with E-state index in [4.69, 9.17) is 11.6 Å². The summed E-state index contributed by atoms with van der Waals surface area (Å²) in [5.74, 6) is -0.248. The molecule has 3 rings (SSSR count). The molecule has 1 aromatic carbocycles. The monoisotopic (exact) mass is 458 g/mol. The Morgan fingerprint density at radius 1 is 1.25 bits per heavy atom. The summed E-state index contributed by atoms with van der Waals surface area (Å²) in [5.41, 5.74) is 2.31. The Morgan fingerprint density at radius 3 is 2.72 bits per heavy atom. The molecule has 0 bridgehead atoms. The second-order valence-corrected chi connectivity index (χ2v) is 8.90. The van der Waals surface area contributed by atoms with Crippen molar-refractivity contribution in [3.8, 4) is 0 Å². The molecule has 0 saturated carbocycles. The van der Waals surface area contributed by atoms with E-state index in [0.29, 0.717) is 18.1 Å². The lowest BCUT2D eigenvalue weighted by atomic mass is 9.99. The van der Waals surface area contributed by atoms with E-state index in [2.05, 4.69) is 22.9 Å². The van der Waals surface area contributed by atoms with Gasteiger partial charge in [0.15, 0.2) is 0 Å². The van der Waals surface area contributed by atoms with E-state index in [9.17, 15) is 14.4 Å². The Hall–Kier alpha value is -2.64. The molecule has 1 saturated heterocycles. The predicted molar refractivity (Wildman–Crippen MR) is 125 cm³/mol. The third-order valence-corrected chi connectivity index (χ3v) is 5.94. The first-order chi connectivity index (χ1) is 15.3. The van der Waals surface area contributed by atoms with Crippen molar-refractivity contribution in [3.05, 3.63) is 68.6 Å². The molecule has 2 aromatic rings. The maximum atomic E-state index is 12.5. The van der Waals surface area contributed by atoms with E-state index in [1.807, 2.05) is 32.0 Å². The average molecular weight is 459 g/mol. The summed E-state index contributed by atoms with van der Waals surface area (Å²) in [6, 6.07) is 8.69. The topological polar surface area (TPSA) is 92.2 Å². The molecule has 2 heterocycles. The van der Waals surface area contributed by atoms with Crippen molar-refractivity contribution < 1.29 is 9.59 Å². The van der Waals surface area contributed by atoms with Gasteiger partial charge in [-0.3, -0.25) is 19.7 Å². The summed E-state index contributed by atoms with van der Waals surface area (Å²) in [4.78, 5) is 36.8. The standard InChI is InChI=1S/C24H31ClN4O3/c1-4-5-9-29-10-8-17(12-22(29)31)20-13-21(30)28-23(27-20)18-11-16(6-7-19(18)25)14-26-24(32)15(2)3/h6-8,10-12,15,20,23,27H,4-5,9,13-14H2,1-3H3,(H,26,32)(H,28,30). The van der Waals surface area contributed by atoms with Crippen molar-refractivity contribution in [2.75, 3.05) is 0 Å². The zero-order chi connectivity index (χ0) is 23.3. The van der Waals surface area contributed by atoms with Gasteiger partial charge in [0.05, 0.1) is 0 Å². The number of benzene rings is 1. The third kappa shape index (κ3) is 5.99. The Kier molecular flexibility index (Phi) is 8.10. The highest BCUT2D eigenvalue weighted by atomic mass is 35.5. The number of carbonyl (C=O) groups is 2. The zero-order valence-electron chi connectivity index (χ0n) is 18.8. The minimum atomic E-state index is -0.503. The SMILES string of the molecule is CCCCn1ccc(C2CC(=O)NC(c3cc(CNC(=O)C(C)C)ccc3Cl)N2)cc1=O. The van der Waals surface area contributed by atoms with Crippen molar-refractivity contribution in [2.45, 2.75) is 65.3 Å². The van der Waals surface area contributed by atoms with E-state index in [1.165, 1.54) is 0 Å². The van der Waals surface area contributed by atoms with Crippen molar-refractivity contribution in [1.82, 2.24) is 20.5 Å². The first kappa shape index (κ1) is 24.0. The predicted octanol–water partition coefficient (Wildman–Crippen LogP) is 3.42. The van der Waals surface area contributed by atoms with E-state index >= 15 is 0 Å². The fraction of sp³-hybridized carbons (Fsp3) is 0.458. The van der Waals surface area contributed by atoms with Crippen LogP contribution < -0.4 is 21.5 Å². The molecular formula is C24H31ClN4O3. The third-order valence-electron chi connectivity index (χ3n) is 5.60. The number of rotatable bonds is 8. The van der Waals surface area contributed by atoms with Crippen molar-refractivity contribution in [2.24, 2.45) is 5.92 Å². The molecule has 172 valence electrons. The normalized spacial score (nSPS) is 18.5. The lowest BCUT2D eigenvalue weighted by Crippen LogP contribution is -2.47. The van der Waals surface area contributed by atoms with E-state index in [0.717, 1.165) is 29.5 Å². The van der Waals surface area contributed by atoms with Crippen LogP contribution in [0.25, 0.3) is 0 Å². The van der Waals surface area contributed by atoms with Gasteiger partial charge in [-0.2, -0.15) is 0 Å². The van der Waals surface area contributed by atoms with Crippen molar-refractivity contribution in [1.29, 1.82) is 0 Å². The highest BCUT2D eigenvalue weighted by Gasteiger charge is 2.29. The molecule has 1 aromatic heterocycles. The van der Waals surface area contributed by atoms with Gasteiger partial charge in [-0.1, -0.05) is 44.9 Å². The van der Waals surface area contributed by atoms with Crippen LogP contribution in [0, 0.1) is 5.92 Å². The molecule has 1 fully saturated rings. The molecule has 1 aliphatic rings. The molecule has 7 nitrogen and oxygen atoms in total. The maximum Gasteiger partial charge on any atom is 0.250 e. The number of hydrogen-bond donors (Lipinski definition) is 3. The quantitative estimate of drug-likeness (QED) is 0.565. The Bertz CT molecular complexity index is 1030. The molecule has 0 spiro atoms. The zero-order valence-corrected chi connectivity index (χ0v) is 19.5. The summed E-state index contributed by atoms with van der Waals surface area (Å²) in [5, 5.41) is 9.74. The van der Waals surface area contributed by atoms with Gasteiger partial charge in [-0.05, 0) is 35.7 Å². The summed E-state index contributed by atoms with van der Waals surface area (Å²) in [6.07, 6.45) is 3.48. The van der Waals surface area contributed by atoms with Crippen LogP contribution in [0.4, 0.5) is 0 Å². The van der Waals surface area contributed by atoms with Crippen LogP contribution in [0.2, 0.25) is 5.02 Å². The summed E-state index contributed by atoms with van der Waals surface area (Å²) < 4.78 is 1.69. The van der Waals surface area contributed by atoms with Gasteiger partial charge in [-0.25, -0.2) is 0 Å². The molecule has 8 heteroatoms.